The van der Waals surface area contributed by atoms with Crippen molar-refractivity contribution >= 4 is 17.4 Å². The number of rotatable bonds is 4. The van der Waals surface area contributed by atoms with Gasteiger partial charge >= 0.3 is 0 Å². The monoisotopic (exact) mass is 269 g/mol. The fourth-order valence-electron chi connectivity index (χ4n) is 2.25. The summed E-state index contributed by atoms with van der Waals surface area (Å²) in [5, 5.41) is 16.4. The van der Waals surface area contributed by atoms with Gasteiger partial charge in [-0.05, 0) is 43.6 Å². The average Bonchev–Trinajstić information content (AvgIpc) is 2.81. The molecule has 100 valence electrons. The predicted octanol–water partition coefficient (Wildman–Crippen LogP) is 1.52. The predicted molar refractivity (Wildman–Crippen MR) is 69.6 cm³/mol. The molecule has 0 atom stereocenters. The largest absolute Gasteiger partial charge is 0.393 e. The van der Waals surface area contributed by atoms with Crippen LogP contribution in [-0.4, -0.2) is 32.7 Å². The number of carbonyl (C=O) groups is 1. The molecule has 1 saturated carbocycles. The van der Waals surface area contributed by atoms with E-state index in [0.29, 0.717) is 4.88 Å². The fourth-order valence-corrected chi connectivity index (χ4v) is 2.86. The summed E-state index contributed by atoms with van der Waals surface area (Å²) in [7, 11) is 0. The molecule has 1 aromatic rings. The van der Waals surface area contributed by atoms with E-state index in [2.05, 4.69) is 21.8 Å². The molecule has 0 unspecified atom stereocenters. The molecule has 0 aliphatic heterocycles. The third kappa shape index (κ3) is 3.26. The molecule has 1 fully saturated rings. The second-order valence-corrected chi connectivity index (χ2v) is 5.53. The second kappa shape index (κ2) is 6.24. The lowest BCUT2D eigenvalue weighted by Gasteiger charge is -2.25. The summed E-state index contributed by atoms with van der Waals surface area (Å²) in [6.45, 7) is 2.06. The maximum absolute atomic E-state index is 12.1. The lowest BCUT2D eigenvalue weighted by molar-refractivity contribution is 0.0870. The van der Waals surface area contributed by atoms with Crippen molar-refractivity contribution in [2.45, 2.75) is 57.6 Å². The van der Waals surface area contributed by atoms with Gasteiger partial charge in [0.25, 0.3) is 5.91 Å². The molecule has 5 nitrogen and oxygen atoms in total. The van der Waals surface area contributed by atoms with Crippen molar-refractivity contribution in [2.75, 3.05) is 0 Å². The Bertz CT molecular complexity index is 400. The minimum Gasteiger partial charge on any atom is -0.393 e. The molecule has 0 aromatic carbocycles. The van der Waals surface area contributed by atoms with Crippen LogP contribution in [0.15, 0.2) is 0 Å². The summed E-state index contributed by atoms with van der Waals surface area (Å²) >= 11 is 1.16. The Morgan fingerprint density at radius 2 is 2.17 bits per heavy atom. The minimum atomic E-state index is -0.195. The van der Waals surface area contributed by atoms with Gasteiger partial charge < -0.3 is 10.4 Å². The standard InChI is InChI=1S/C12H19N3O2S/c1-2-3-10-11(18-15-14-10)12(17)13-8-4-6-9(16)7-5-8/h8-9,16H,2-7H2,1H3,(H,13,17). The molecule has 2 N–H and O–H groups in total. The van der Waals surface area contributed by atoms with Crippen LogP contribution in [0.25, 0.3) is 0 Å². The summed E-state index contributed by atoms with van der Waals surface area (Å²) in [5.41, 5.74) is 0.802. The molecule has 0 bridgehead atoms. The van der Waals surface area contributed by atoms with Crippen LogP contribution in [0.3, 0.4) is 0 Å². The maximum atomic E-state index is 12.1. The van der Waals surface area contributed by atoms with E-state index in [4.69, 9.17) is 0 Å². The molecule has 1 aliphatic rings. The van der Waals surface area contributed by atoms with Gasteiger partial charge in [0, 0.05) is 6.04 Å². The highest BCUT2D eigenvalue weighted by Crippen LogP contribution is 2.20. The lowest BCUT2D eigenvalue weighted by Crippen LogP contribution is -2.38. The van der Waals surface area contributed by atoms with Gasteiger partial charge in [-0.1, -0.05) is 17.8 Å². The van der Waals surface area contributed by atoms with E-state index >= 15 is 0 Å². The molecular formula is C12H19N3O2S. The highest BCUT2D eigenvalue weighted by molar-refractivity contribution is 7.08. The van der Waals surface area contributed by atoms with Gasteiger partial charge in [0.15, 0.2) is 0 Å². The molecule has 1 aliphatic carbocycles. The number of hydrogen-bond acceptors (Lipinski definition) is 5. The Labute approximate surface area is 111 Å². The summed E-state index contributed by atoms with van der Waals surface area (Å²) in [5.74, 6) is -0.0603. The van der Waals surface area contributed by atoms with Crippen LogP contribution in [0.5, 0.6) is 0 Å². The Morgan fingerprint density at radius 3 is 2.83 bits per heavy atom. The summed E-state index contributed by atoms with van der Waals surface area (Å²) in [4.78, 5) is 12.7. The van der Waals surface area contributed by atoms with Crippen LogP contribution in [0.1, 0.15) is 54.4 Å². The first-order valence-corrected chi connectivity index (χ1v) is 7.28. The molecular weight excluding hydrogens is 250 g/mol. The van der Waals surface area contributed by atoms with Crippen molar-refractivity contribution < 1.29 is 9.90 Å². The van der Waals surface area contributed by atoms with E-state index in [9.17, 15) is 9.90 Å². The van der Waals surface area contributed by atoms with Crippen molar-refractivity contribution in [1.82, 2.24) is 14.9 Å². The number of aliphatic hydroxyl groups is 1. The molecule has 6 heteroatoms. The first-order chi connectivity index (χ1) is 8.70. The minimum absolute atomic E-state index is 0.0603. The number of carbonyl (C=O) groups excluding carboxylic acids is 1. The molecule has 0 saturated heterocycles. The van der Waals surface area contributed by atoms with Crippen LogP contribution >= 0.6 is 11.5 Å². The normalized spacial score (nSPS) is 23.9. The maximum Gasteiger partial charge on any atom is 0.265 e. The molecule has 18 heavy (non-hydrogen) atoms. The first-order valence-electron chi connectivity index (χ1n) is 6.50. The summed E-state index contributed by atoms with van der Waals surface area (Å²) < 4.78 is 3.86. The number of nitrogens with one attached hydrogen (secondary N) is 1. The summed E-state index contributed by atoms with van der Waals surface area (Å²) in [6.07, 6.45) is 4.80. The lowest BCUT2D eigenvalue weighted by atomic mass is 9.93. The molecule has 1 heterocycles. The third-order valence-electron chi connectivity index (χ3n) is 3.28. The molecule has 0 radical (unpaired) electrons. The SMILES string of the molecule is CCCc1nnsc1C(=O)NC1CCC(O)CC1. The molecule has 1 amide bonds. The number of amides is 1. The first kappa shape index (κ1) is 13.4. The highest BCUT2D eigenvalue weighted by atomic mass is 32.1. The van der Waals surface area contributed by atoms with Crippen LogP contribution in [0.4, 0.5) is 0 Å². The number of aromatic nitrogens is 2. The van der Waals surface area contributed by atoms with E-state index in [-0.39, 0.29) is 18.1 Å². The van der Waals surface area contributed by atoms with Crippen molar-refractivity contribution in [3.8, 4) is 0 Å². The van der Waals surface area contributed by atoms with Crippen molar-refractivity contribution in [2.24, 2.45) is 0 Å². The quantitative estimate of drug-likeness (QED) is 0.869. The van der Waals surface area contributed by atoms with Crippen molar-refractivity contribution in [1.29, 1.82) is 0 Å². The number of hydrogen-bond donors (Lipinski definition) is 2. The topological polar surface area (TPSA) is 75.1 Å². The zero-order valence-corrected chi connectivity index (χ0v) is 11.4. The van der Waals surface area contributed by atoms with E-state index in [1.54, 1.807) is 0 Å². The van der Waals surface area contributed by atoms with E-state index in [1.807, 2.05) is 0 Å². The summed E-state index contributed by atoms with van der Waals surface area (Å²) in [6, 6.07) is 0.178. The van der Waals surface area contributed by atoms with Gasteiger partial charge in [-0.2, -0.15) is 0 Å². The van der Waals surface area contributed by atoms with Gasteiger partial charge in [0.05, 0.1) is 11.8 Å². The Morgan fingerprint density at radius 1 is 1.44 bits per heavy atom. The van der Waals surface area contributed by atoms with Gasteiger partial charge in [-0.25, -0.2) is 0 Å². The Balaban J connectivity index is 1.93. The van der Waals surface area contributed by atoms with E-state index in [1.165, 1.54) is 0 Å². The average molecular weight is 269 g/mol. The van der Waals surface area contributed by atoms with Crippen LogP contribution in [0, 0.1) is 0 Å². The highest BCUT2D eigenvalue weighted by Gasteiger charge is 2.23. The zero-order chi connectivity index (χ0) is 13.0. The van der Waals surface area contributed by atoms with E-state index in [0.717, 1.165) is 55.8 Å². The smallest absolute Gasteiger partial charge is 0.265 e. The Kier molecular flexibility index (Phi) is 4.66. The van der Waals surface area contributed by atoms with Crippen LogP contribution < -0.4 is 5.32 Å². The van der Waals surface area contributed by atoms with Gasteiger partial charge in [0.1, 0.15) is 4.88 Å². The second-order valence-electron chi connectivity index (χ2n) is 4.78. The van der Waals surface area contributed by atoms with Gasteiger partial charge in [0.2, 0.25) is 0 Å². The molecule has 2 rings (SSSR count). The number of aryl methyl sites for hydroxylation is 1. The zero-order valence-electron chi connectivity index (χ0n) is 10.6. The Hall–Kier alpha value is -1.01. The number of nitrogens with zero attached hydrogens (tertiary/aromatic N) is 2. The molecule has 0 spiro atoms. The van der Waals surface area contributed by atoms with Crippen LogP contribution in [0.2, 0.25) is 0 Å². The van der Waals surface area contributed by atoms with Crippen LogP contribution in [-0.2, 0) is 6.42 Å². The third-order valence-corrected chi connectivity index (χ3v) is 4.05. The van der Waals surface area contributed by atoms with Crippen molar-refractivity contribution in [3.63, 3.8) is 0 Å². The number of aliphatic hydroxyl groups excluding tert-OH is 1. The van der Waals surface area contributed by atoms with Gasteiger partial charge in [-0.3, -0.25) is 4.79 Å². The van der Waals surface area contributed by atoms with E-state index < -0.39 is 0 Å². The molecule has 1 aromatic heterocycles. The fraction of sp³-hybridized carbons (Fsp3) is 0.750. The van der Waals surface area contributed by atoms with Crippen molar-refractivity contribution in [3.05, 3.63) is 10.6 Å². The van der Waals surface area contributed by atoms with Gasteiger partial charge in [-0.15, -0.1) is 5.10 Å².